The number of hydrogen-bond acceptors (Lipinski definition) is 3. The van der Waals surface area contributed by atoms with Crippen molar-refractivity contribution in [3.8, 4) is 23.5 Å². The van der Waals surface area contributed by atoms with Gasteiger partial charge >= 0.3 is 0 Å². The van der Waals surface area contributed by atoms with Crippen LogP contribution in [0.5, 0.6) is 0 Å². The first kappa shape index (κ1) is 30.4. The molecule has 5 aromatic rings. The number of terminal acetylenes is 1. The molecule has 0 saturated carbocycles. The van der Waals surface area contributed by atoms with E-state index in [4.69, 9.17) is 6.42 Å². The van der Waals surface area contributed by atoms with Crippen LogP contribution in [-0.4, -0.2) is 0 Å². The van der Waals surface area contributed by atoms with Crippen LogP contribution in [0.2, 0.25) is 0 Å². The highest BCUT2D eigenvalue weighted by Crippen LogP contribution is 2.51. The monoisotopic (exact) mass is 604 g/mol. The van der Waals surface area contributed by atoms with Crippen LogP contribution in [0.3, 0.4) is 0 Å². The van der Waals surface area contributed by atoms with E-state index in [0.29, 0.717) is 5.92 Å². The lowest BCUT2D eigenvalue weighted by Crippen LogP contribution is -2.04. The Kier molecular flexibility index (Phi) is 8.87. The van der Waals surface area contributed by atoms with Crippen molar-refractivity contribution >= 4 is 39.5 Å². The van der Waals surface area contributed by atoms with Crippen LogP contribution < -0.4 is 10.6 Å². The molecule has 224 valence electrons. The molecule has 0 bridgehead atoms. The molecule has 6 rings (SSSR count). The quantitative estimate of drug-likeness (QED) is 0.136. The molecule has 1 aliphatic heterocycles. The highest BCUT2D eigenvalue weighted by atomic mass is 32.2. The van der Waals surface area contributed by atoms with Crippen LogP contribution in [0.15, 0.2) is 120 Å². The first-order valence-corrected chi connectivity index (χ1v) is 16.7. The van der Waals surface area contributed by atoms with Gasteiger partial charge < -0.3 is 10.6 Å². The average molecular weight is 605 g/mol. The fourth-order valence-electron chi connectivity index (χ4n) is 6.45. The van der Waals surface area contributed by atoms with E-state index in [9.17, 15) is 0 Å². The Morgan fingerprint density at radius 3 is 2.33 bits per heavy atom. The van der Waals surface area contributed by atoms with Crippen molar-refractivity contribution in [1.82, 2.24) is 0 Å². The number of hydrogen-bond donors (Lipinski definition) is 2. The van der Waals surface area contributed by atoms with Crippen molar-refractivity contribution in [2.75, 3.05) is 10.6 Å². The molecule has 1 unspecified atom stereocenters. The second-order valence-electron chi connectivity index (χ2n) is 12.0. The number of allylic oxidation sites excluding steroid dienone is 4. The van der Waals surface area contributed by atoms with E-state index in [2.05, 4.69) is 160 Å². The molecule has 2 nitrogen and oxygen atoms in total. The summed E-state index contributed by atoms with van der Waals surface area (Å²) in [7, 11) is 0. The topological polar surface area (TPSA) is 24.1 Å². The van der Waals surface area contributed by atoms with Gasteiger partial charge in [0.05, 0.1) is 5.70 Å². The van der Waals surface area contributed by atoms with E-state index in [1.54, 1.807) is 0 Å². The normalized spacial score (nSPS) is 14.7. The summed E-state index contributed by atoms with van der Waals surface area (Å²) in [6, 6.07) is 34.7. The zero-order valence-corrected chi connectivity index (χ0v) is 27.6. The molecule has 5 aromatic carbocycles. The summed E-state index contributed by atoms with van der Waals surface area (Å²) in [6.07, 6.45) is 11.3. The van der Waals surface area contributed by atoms with Gasteiger partial charge in [0.25, 0.3) is 0 Å². The number of thioether (sulfide) groups is 1. The Bertz CT molecular complexity index is 1970. The molecule has 0 amide bonds. The standard InChI is InChI=1S/C42H40N2S/c1-7-30(23-25-33(8-2)43-36-20-14-19-35(38(36)27(3)4)34-18-13-12-15-28(34)5)39-29(6)21-22-31-24-26-37-41(40(31)39)45-42(44-37)32-16-10-9-11-17-32/h2,9-27,42-44H,7H2,1,3-6H3/b30-23+,33-25+. The average Bonchev–Trinajstić information content (AvgIpc) is 3.50. The Morgan fingerprint density at radius 2 is 1.60 bits per heavy atom. The largest absolute Gasteiger partial charge is 0.368 e. The van der Waals surface area contributed by atoms with Crippen LogP contribution in [0.25, 0.3) is 27.5 Å². The highest BCUT2D eigenvalue weighted by molar-refractivity contribution is 8.00. The van der Waals surface area contributed by atoms with Crippen molar-refractivity contribution in [2.24, 2.45) is 0 Å². The second-order valence-corrected chi connectivity index (χ2v) is 13.1. The zero-order chi connectivity index (χ0) is 31.5. The summed E-state index contributed by atoms with van der Waals surface area (Å²) in [4.78, 5) is 1.31. The fraction of sp³-hybridized carbons (Fsp3) is 0.190. The van der Waals surface area contributed by atoms with E-state index >= 15 is 0 Å². The molecule has 3 heteroatoms. The predicted octanol–water partition coefficient (Wildman–Crippen LogP) is 11.9. The van der Waals surface area contributed by atoms with Crippen molar-refractivity contribution in [3.63, 3.8) is 0 Å². The number of aryl methyl sites for hydroxylation is 2. The Balaban J connectivity index is 1.39. The van der Waals surface area contributed by atoms with Crippen molar-refractivity contribution in [3.05, 3.63) is 143 Å². The molecule has 0 saturated heterocycles. The van der Waals surface area contributed by atoms with E-state index in [1.807, 2.05) is 11.8 Å². The molecule has 1 aliphatic rings. The van der Waals surface area contributed by atoms with Crippen LogP contribution in [0.1, 0.15) is 66.3 Å². The molecule has 1 heterocycles. The molecule has 2 N–H and O–H groups in total. The van der Waals surface area contributed by atoms with Crippen LogP contribution in [0, 0.1) is 26.2 Å². The molecule has 45 heavy (non-hydrogen) atoms. The third-order valence-electron chi connectivity index (χ3n) is 8.67. The van der Waals surface area contributed by atoms with Gasteiger partial charge in [-0.1, -0.05) is 129 Å². The summed E-state index contributed by atoms with van der Waals surface area (Å²) >= 11 is 1.91. The van der Waals surface area contributed by atoms with Crippen LogP contribution in [0.4, 0.5) is 11.4 Å². The smallest absolute Gasteiger partial charge is 0.103 e. The fourth-order valence-corrected chi connectivity index (χ4v) is 7.75. The van der Waals surface area contributed by atoms with Gasteiger partial charge in [-0.05, 0) is 94.3 Å². The molecule has 0 spiro atoms. The third-order valence-corrected chi connectivity index (χ3v) is 9.95. The van der Waals surface area contributed by atoms with E-state index in [0.717, 1.165) is 17.8 Å². The summed E-state index contributed by atoms with van der Waals surface area (Å²) in [5, 5.41) is 10.1. The van der Waals surface area contributed by atoms with E-state index in [1.165, 1.54) is 65.9 Å². The minimum absolute atomic E-state index is 0.192. The summed E-state index contributed by atoms with van der Waals surface area (Å²) in [6.45, 7) is 11.1. The predicted molar refractivity (Wildman–Crippen MR) is 197 cm³/mol. The van der Waals surface area contributed by atoms with Gasteiger partial charge in [0.15, 0.2) is 0 Å². The molecule has 0 aliphatic carbocycles. The lowest BCUT2D eigenvalue weighted by atomic mass is 9.89. The van der Waals surface area contributed by atoms with Crippen molar-refractivity contribution in [2.45, 2.75) is 57.2 Å². The molecule has 0 aromatic heterocycles. The lowest BCUT2D eigenvalue weighted by molar-refractivity contribution is 0.870. The zero-order valence-electron chi connectivity index (χ0n) is 26.7. The Morgan fingerprint density at radius 1 is 0.867 bits per heavy atom. The van der Waals surface area contributed by atoms with Gasteiger partial charge in [-0.25, -0.2) is 0 Å². The number of fused-ring (bicyclic) bond motifs is 3. The van der Waals surface area contributed by atoms with Gasteiger partial charge in [0.1, 0.15) is 5.37 Å². The maximum absolute atomic E-state index is 6.13. The second kappa shape index (κ2) is 13.1. The van der Waals surface area contributed by atoms with Crippen molar-refractivity contribution in [1.29, 1.82) is 0 Å². The van der Waals surface area contributed by atoms with Gasteiger partial charge in [-0.3, -0.25) is 0 Å². The lowest BCUT2D eigenvalue weighted by Gasteiger charge is -2.20. The summed E-state index contributed by atoms with van der Waals surface area (Å²) in [5.74, 6) is 3.24. The maximum Gasteiger partial charge on any atom is 0.103 e. The summed E-state index contributed by atoms with van der Waals surface area (Å²) in [5.41, 5.74) is 13.1. The molecule has 1 atom stereocenters. The minimum atomic E-state index is 0.192. The Hall–Kier alpha value is -4.65. The van der Waals surface area contributed by atoms with Gasteiger partial charge in [-0.15, -0.1) is 6.42 Å². The molecular formula is C42H40N2S. The number of rotatable bonds is 8. The highest BCUT2D eigenvalue weighted by Gasteiger charge is 2.26. The van der Waals surface area contributed by atoms with Crippen LogP contribution in [-0.2, 0) is 0 Å². The van der Waals surface area contributed by atoms with Gasteiger partial charge in [0, 0.05) is 21.7 Å². The van der Waals surface area contributed by atoms with Crippen LogP contribution >= 0.6 is 11.8 Å². The number of nitrogens with one attached hydrogen (secondary N) is 2. The van der Waals surface area contributed by atoms with E-state index < -0.39 is 0 Å². The van der Waals surface area contributed by atoms with Gasteiger partial charge in [0.2, 0.25) is 0 Å². The molecular weight excluding hydrogens is 565 g/mol. The van der Waals surface area contributed by atoms with Gasteiger partial charge in [-0.2, -0.15) is 0 Å². The number of benzene rings is 5. The minimum Gasteiger partial charge on any atom is -0.368 e. The third kappa shape index (κ3) is 6.04. The van der Waals surface area contributed by atoms with Crippen molar-refractivity contribution < 1.29 is 0 Å². The SMILES string of the molecule is C#C/C(=C\C=C(/CC)c1c(C)ccc2ccc3c(c12)SC(c1ccccc1)N3)Nc1cccc(-c2ccccc2C)c1C(C)C. The maximum atomic E-state index is 6.13. The number of anilines is 2. The summed E-state index contributed by atoms with van der Waals surface area (Å²) < 4.78 is 0. The molecule has 0 radical (unpaired) electrons. The molecule has 0 fully saturated rings. The first-order chi connectivity index (χ1) is 21.9. The Labute approximate surface area is 272 Å². The first-order valence-electron chi connectivity index (χ1n) is 15.8. The van der Waals surface area contributed by atoms with E-state index in [-0.39, 0.29) is 5.37 Å².